The number of nitrogen functional groups attached to an aromatic ring is 1. The molecule has 1 aliphatic heterocycles. The molecule has 1 heterocycles. The molecule has 0 spiro atoms. The summed E-state index contributed by atoms with van der Waals surface area (Å²) in [5.41, 5.74) is 6.78. The summed E-state index contributed by atoms with van der Waals surface area (Å²) < 4.78 is 0. The topological polar surface area (TPSA) is 75.4 Å². The van der Waals surface area contributed by atoms with Crippen molar-refractivity contribution in [3.63, 3.8) is 0 Å². The van der Waals surface area contributed by atoms with Gasteiger partial charge in [0.15, 0.2) is 0 Å². The van der Waals surface area contributed by atoms with E-state index in [1.54, 1.807) is 29.2 Å². The van der Waals surface area contributed by atoms with Crippen LogP contribution in [0.25, 0.3) is 0 Å². The summed E-state index contributed by atoms with van der Waals surface area (Å²) >= 11 is 0. The summed E-state index contributed by atoms with van der Waals surface area (Å²) in [5, 5.41) is 2.94. The molecular weight excluding hydrogens is 278 g/mol. The van der Waals surface area contributed by atoms with Crippen molar-refractivity contribution in [2.75, 3.05) is 18.8 Å². The Morgan fingerprint density at radius 2 is 2.20 bits per heavy atom. The highest BCUT2D eigenvalue weighted by Crippen LogP contribution is 2.12. The molecule has 1 atom stereocenters. The lowest BCUT2D eigenvalue weighted by molar-refractivity contribution is -0.129. The SMILES string of the molecule is CCC(=O)N1CCC(NC(=O)c2cccc(N)c2)C1.Cl. The summed E-state index contributed by atoms with van der Waals surface area (Å²) in [6.45, 7) is 3.16. The zero-order chi connectivity index (χ0) is 13.8. The van der Waals surface area contributed by atoms with Crippen molar-refractivity contribution in [2.45, 2.75) is 25.8 Å². The number of likely N-dealkylation sites (tertiary alicyclic amines) is 1. The van der Waals surface area contributed by atoms with E-state index in [-0.39, 0.29) is 30.3 Å². The zero-order valence-corrected chi connectivity index (χ0v) is 12.3. The van der Waals surface area contributed by atoms with Crippen LogP contribution in [0.5, 0.6) is 0 Å². The van der Waals surface area contributed by atoms with E-state index in [4.69, 9.17) is 5.73 Å². The van der Waals surface area contributed by atoms with Gasteiger partial charge >= 0.3 is 0 Å². The van der Waals surface area contributed by atoms with Crippen LogP contribution in [0.3, 0.4) is 0 Å². The summed E-state index contributed by atoms with van der Waals surface area (Å²) in [6, 6.07) is 6.92. The Bertz CT molecular complexity index is 493. The number of halogens is 1. The van der Waals surface area contributed by atoms with Crippen LogP contribution >= 0.6 is 12.4 Å². The monoisotopic (exact) mass is 297 g/mol. The van der Waals surface area contributed by atoms with E-state index >= 15 is 0 Å². The molecule has 1 aromatic rings. The molecule has 3 N–H and O–H groups in total. The van der Waals surface area contributed by atoms with Crippen molar-refractivity contribution in [1.82, 2.24) is 10.2 Å². The fraction of sp³-hybridized carbons (Fsp3) is 0.429. The van der Waals surface area contributed by atoms with E-state index < -0.39 is 0 Å². The number of benzene rings is 1. The number of hydrogen-bond acceptors (Lipinski definition) is 3. The van der Waals surface area contributed by atoms with Crippen LogP contribution in [-0.4, -0.2) is 35.8 Å². The number of nitrogens with zero attached hydrogens (tertiary/aromatic N) is 1. The number of nitrogens with one attached hydrogen (secondary N) is 1. The number of anilines is 1. The molecule has 0 bridgehead atoms. The van der Waals surface area contributed by atoms with Gasteiger partial charge in [-0.2, -0.15) is 0 Å². The smallest absolute Gasteiger partial charge is 0.251 e. The predicted molar refractivity (Wildman–Crippen MR) is 80.8 cm³/mol. The fourth-order valence-electron chi connectivity index (χ4n) is 2.28. The first kappa shape index (κ1) is 16.3. The van der Waals surface area contributed by atoms with Crippen LogP contribution in [0, 0.1) is 0 Å². The quantitative estimate of drug-likeness (QED) is 0.829. The molecule has 1 unspecified atom stereocenters. The molecule has 1 aliphatic rings. The maximum Gasteiger partial charge on any atom is 0.251 e. The molecular formula is C14H20ClN3O2. The van der Waals surface area contributed by atoms with Gasteiger partial charge in [0, 0.05) is 36.8 Å². The van der Waals surface area contributed by atoms with E-state index in [2.05, 4.69) is 5.32 Å². The highest BCUT2D eigenvalue weighted by molar-refractivity contribution is 5.95. The average molecular weight is 298 g/mol. The van der Waals surface area contributed by atoms with Gasteiger partial charge in [-0.1, -0.05) is 13.0 Å². The van der Waals surface area contributed by atoms with Gasteiger partial charge in [0.2, 0.25) is 5.91 Å². The van der Waals surface area contributed by atoms with E-state index in [9.17, 15) is 9.59 Å². The number of hydrogen-bond donors (Lipinski definition) is 2. The lowest BCUT2D eigenvalue weighted by atomic mass is 10.1. The minimum absolute atomic E-state index is 0. The maximum absolute atomic E-state index is 12.0. The third-order valence-corrected chi connectivity index (χ3v) is 3.33. The Kier molecular flexibility index (Phi) is 5.82. The molecule has 6 heteroatoms. The molecule has 20 heavy (non-hydrogen) atoms. The van der Waals surface area contributed by atoms with Crippen molar-refractivity contribution in [2.24, 2.45) is 0 Å². The highest BCUT2D eigenvalue weighted by atomic mass is 35.5. The largest absolute Gasteiger partial charge is 0.399 e. The molecule has 2 amide bonds. The first-order valence-corrected chi connectivity index (χ1v) is 6.54. The predicted octanol–water partition coefficient (Wildman–Crippen LogP) is 1.43. The fourth-order valence-corrected chi connectivity index (χ4v) is 2.28. The molecule has 0 radical (unpaired) electrons. The third-order valence-electron chi connectivity index (χ3n) is 3.33. The average Bonchev–Trinajstić information content (AvgIpc) is 2.86. The summed E-state index contributed by atoms with van der Waals surface area (Å²) in [6.07, 6.45) is 1.32. The molecule has 1 aromatic carbocycles. The van der Waals surface area contributed by atoms with Gasteiger partial charge in [-0.3, -0.25) is 9.59 Å². The number of carbonyl (C=O) groups excluding carboxylic acids is 2. The van der Waals surface area contributed by atoms with Crippen LogP contribution in [0.2, 0.25) is 0 Å². The number of nitrogens with two attached hydrogens (primary N) is 1. The van der Waals surface area contributed by atoms with E-state index in [0.717, 1.165) is 6.42 Å². The Balaban J connectivity index is 0.00000200. The van der Waals surface area contributed by atoms with Crippen LogP contribution in [0.15, 0.2) is 24.3 Å². The van der Waals surface area contributed by atoms with Gasteiger partial charge in [-0.05, 0) is 24.6 Å². The number of amides is 2. The second-order valence-electron chi connectivity index (χ2n) is 4.78. The van der Waals surface area contributed by atoms with Gasteiger partial charge in [0.1, 0.15) is 0 Å². The molecule has 1 fully saturated rings. The number of carbonyl (C=O) groups is 2. The molecule has 5 nitrogen and oxygen atoms in total. The zero-order valence-electron chi connectivity index (χ0n) is 11.5. The third kappa shape index (κ3) is 3.87. The molecule has 0 saturated carbocycles. The summed E-state index contributed by atoms with van der Waals surface area (Å²) in [7, 11) is 0. The lowest BCUT2D eigenvalue weighted by Crippen LogP contribution is -2.38. The van der Waals surface area contributed by atoms with Crippen LogP contribution in [0.4, 0.5) is 5.69 Å². The standard InChI is InChI=1S/C14H19N3O2.ClH/c1-2-13(18)17-7-6-12(9-17)16-14(19)10-4-3-5-11(15)8-10;/h3-5,8,12H,2,6-7,9,15H2,1H3,(H,16,19);1H. The minimum Gasteiger partial charge on any atom is -0.399 e. The maximum atomic E-state index is 12.0. The molecule has 1 saturated heterocycles. The van der Waals surface area contributed by atoms with E-state index in [0.29, 0.717) is 30.8 Å². The first-order valence-electron chi connectivity index (χ1n) is 6.54. The van der Waals surface area contributed by atoms with Crippen molar-refractivity contribution < 1.29 is 9.59 Å². The van der Waals surface area contributed by atoms with Crippen LogP contribution in [0.1, 0.15) is 30.1 Å². The lowest BCUT2D eigenvalue weighted by Gasteiger charge is -2.16. The molecule has 2 rings (SSSR count). The molecule has 0 aromatic heterocycles. The Morgan fingerprint density at radius 3 is 2.85 bits per heavy atom. The second kappa shape index (κ2) is 7.14. The van der Waals surface area contributed by atoms with Crippen molar-refractivity contribution in [1.29, 1.82) is 0 Å². The molecule has 110 valence electrons. The first-order chi connectivity index (χ1) is 9.10. The van der Waals surface area contributed by atoms with E-state index in [1.807, 2.05) is 6.92 Å². The van der Waals surface area contributed by atoms with Crippen LogP contribution in [-0.2, 0) is 4.79 Å². The summed E-state index contributed by atoms with van der Waals surface area (Å²) in [4.78, 5) is 25.4. The minimum atomic E-state index is -0.136. The van der Waals surface area contributed by atoms with Gasteiger partial charge in [-0.15, -0.1) is 12.4 Å². The summed E-state index contributed by atoms with van der Waals surface area (Å²) in [5.74, 6) is 0.00352. The second-order valence-corrected chi connectivity index (χ2v) is 4.78. The number of rotatable bonds is 3. The van der Waals surface area contributed by atoms with Gasteiger partial charge < -0.3 is 16.0 Å². The van der Waals surface area contributed by atoms with Gasteiger partial charge in [0.05, 0.1) is 0 Å². The van der Waals surface area contributed by atoms with Gasteiger partial charge in [-0.25, -0.2) is 0 Å². The Labute approximate surface area is 124 Å². The van der Waals surface area contributed by atoms with Crippen molar-refractivity contribution in [3.05, 3.63) is 29.8 Å². The Morgan fingerprint density at radius 1 is 1.45 bits per heavy atom. The van der Waals surface area contributed by atoms with Crippen molar-refractivity contribution in [3.8, 4) is 0 Å². The van der Waals surface area contributed by atoms with Crippen LogP contribution < -0.4 is 11.1 Å². The van der Waals surface area contributed by atoms with Crippen molar-refractivity contribution >= 4 is 29.9 Å². The highest BCUT2D eigenvalue weighted by Gasteiger charge is 2.26. The molecule has 0 aliphatic carbocycles. The van der Waals surface area contributed by atoms with Gasteiger partial charge in [0.25, 0.3) is 5.91 Å². The normalized spacial score (nSPS) is 17.4. The van der Waals surface area contributed by atoms with E-state index in [1.165, 1.54) is 0 Å². The Hall–Kier alpha value is -1.75.